The molecule has 0 unspecified atom stereocenters. The van der Waals surface area contributed by atoms with Gasteiger partial charge in [0.15, 0.2) is 0 Å². The average molecular weight is 639 g/mol. The van der Waals surface area contributed by atoms with Crippen LogP contribution >= 0.6 is 0 Å². The van der Waals surface area contributed by atoms with Crippen LogP contribution in [0, 0.1) is 0 Å². The standard InChI is InChI=1S/C46H47BN2/c1-44(2,3)32-18-23-35(24-19-32)48-39-25-20-33(45(4,5)6)28-37(39)47-38-29-34(46(7,8)9)21-26-40(38)49(42-16-12-15-41(48)43(42)47)36-22-17-30-13-10-11-14-31(30)27-36/h10-29H,1-9H3. The molecule has 49 heavy (non-hydrogen) atoms. The van der Waals surface area contributed by atoms with Crippen LogP contribution in [0.1, 0.15) is 79.0 Å². The molecular weight excluding hydrogens is 591 g/mol. The maximum atomic E-state index is 2.52. The zero-order chi connectivity index (χ0) is 34.5. The van der Waals surface area contributed by atoms with Crippen molar-refractivity contribution in [3.8, 4) is 0 Å². The van der Waals surface area contributed by atoms with E-state index in [-0.39, 0.29) is 23.0 Å². The summed E-state index contributed by atoms with van der Waals surface area (Å²) in [6, 6.07) is 46.3. The number of rotatable bonds is 2. The van der Waals surface area contributed by atoms with Gasteiger partial charge in [-0.15, -0.1) is 0 Å². The molecule has 0 amide bonds. The van der Waals surface area contributed by atoms with Crippen molar-refractivity contribution in [3.05, 3.63) is 138 Å². The number of fused-ring (bicyclic) bond motifs is 5. The van der Waals surface area contributed by atoms with E-state index in [1.54, 1.807) is 0 Å². The van der Waals surface area contributed by atoms with Crippen molar-refractivity contribution in [2.24, 2.45) is 0 Å². The zero-order valence-electron chi connectivity index (χ0n) is 30.5. The third kappa shape index (κ3) is 5.17. The first-order chi connectivity index (χ1) is 23.2. The first-order valence-electron chi connectivity index (χ1n) is 17.8. The van der Waals surface area contributed by atoms with Gasteiger partial charge in [-0.3, -0.25) is 0 Å². The quantitative estimate of drug-likeness (QED) is 0.174. The van der Waals surface area contributed by atoms with Crippen LogP contribution in [0.4, 0.5) is 34.1 Å². The largest absolute Gasteiger partial charge is 0.311 e. The summed E-state index contributed by atoms with van der Waals surface area (Å²) in [5.41, 5.74) is 15.7. The Labute approximate surface area is 293 Å². The highest BCUT2D eigenvalue weighted by Crippen LogP contribution is 2.45. The van der Waals surface area contributed by atoms with Gasteiger partial charge in [0.1, 0.15) is 0 Å². The first-order valence-corrected chi connectivity index (χ1v) is 17.8. The summed E-state index contributed by atoms with van der Waals surface area (Å²) >= 11 is 0. The third-order valence-corrected chi connectivity index (χ3v) is 10.7. The number of nitrogens with zero attached hydrogens (tertiary/aromatic N) is 2. The van der Waals surface area contributed by atoms with Crippen LogP contribution < -0.4 is 26.2 Å². The minimum atomic E-state index is 0.0220. The van der Waals surface area contributed by atoms with E-state index >= 15 is 0 Å². The molecule has 2 aliphatic heterocycles. The lowest BCUT2D eigenvalue weighted by atomic mass is 9.33. The number of hydrogen-bond donors (Lipinski definition) is 0. The summed E-state index contributed by atoms with van der Waals surface area (Å²) in [7, 11) is 0. The zero-order valence-corrected chi connectivity index (χ0v) is 30.5. The molecule has 8 rings (SSSR count). The summed E-state index contributed by atoms with van der Waals surface area (Å²) in [5, 5.41) is 2.51. The van der Waals surface area contributed by atoms with Crippen molar-refractivity contribution < 1.29 is 0 Å². The molecule has 0 radical (unpaired) electrons. The predicted octanol–water partition coefficient (Wildman–Crippen LogP) is 10.8. The van der Waals surface area contributed by atoms with Crippen LogP contribution in [0.3, 0.4) is 0 Å². The van der Waals surface area contributed by atoms with E-state index in [0.717, 1.165) is 0 Å². The highest BCUT2D eigenvalue weighted by atomic mass is 15.2. The maximum Gasteiger partial charge on any atom is 0.252 e. The van der Waals surface area contributed by atoms with Gasteiger partial charge in [-0.25, -0.2) is 0 Å². The first kappa shape index (κ1) is 31.5. The van der Waals surface area contributed by atoms with E-state index in [1.807, 2.05) is 0 Å². The minimum absolute atomic E-state index is 0.0220. The maximum absolute atomic E-state index is 2.52. The van der Waals surface area contributed by atoms with Crippen molar-refractivity contribution >= 4 is 68.0 Å². The van der Waals surface area contributed by atoms with Crippen LogP contribution in [0.25, 0.3) is 10.8 Å². The molecule has 2 heterocycles. The van der Waals surface area contributed by atoms with Gasteiger partial charge in [0.2, 0.25) is 0 Å². The second kappa shape index (κ2) is 10.9. The number of anilines is 6. The van der Waals surface area contributed by atoms with Crippen molar-refractivity contribution in [1.82, 2.24) is 0 Å². The van der Waals surface area contributed by atoms with Gasteiger partial charge < -0.3 is 9.80 Å². The summed E-state index contributed by atoms with van der Waals surface area (Å²) < 4.78 is 0. The topological polar surface area (TPSA) is 6.48 Å². The molecule has 0 fully saturated rings. The lowest BCUT2D eigenvalue weighted by Gasteiger charge is -2.45. The molecule has 0 N–H and O–H groups in total. The van der Waals surface area contributed by atoms with Gasteiger partial charge in [-0.1, -0.05) is 135 Å². The van der Waals surface area contributed by atoms with Crippen molar-refractivity contribution in [2.75, 3.05) is 9.80 Å². The monoisotopic (exact) mass is 638 g/mol. The van der Waals surface area contributed by atoms with E-state index in [1.165, 1.54) is 78.0 Å². The van der Waals surface area contributed by atoms with Gasteiger partial charge in [-0.05, 0) is 109 Å². The molecule has 0 aliphatic carbocycles. The molecule has 3 heteroatoms. The summed E-state index contributed by atoms with van der Waals surface area (Å²) in [5.74, 6) is 0. The van der Waals surface area contributed by atoms with Gasteiger partial charge >= 0.3 is 0 Å². The highest BCUT2D eigenvalue weighted by Gasteiger charge is 2.44. The Kier molecular flexibility index (Phi) is 6.99. The van der Waals surface area contributed by atoms with Crippen molar-refractivity contribution in [2.45, 2.75) is 78.6 Å². The van der Waals surface area contributed by atoms with E-state index in [4.69, 9.17) is 0 Å². The van der Waals surface area contributed by atoms with Gasteiger partial charge in [0.25, 0.3) is 6.71 Å². The Morgan fingerprint density at radius 2 is 0.857 bits per heavy atom. The van der Waals surface area contributed by atoms with E-state index in [9.17, 15) is 0 Å². The van der Waals surface area contributed by atoms with Crippen LogP contribution in [-0.2, 0) is 16.2 Å². The van der Waals surface area contributed by atoms with Gasteiger partial charge in [0.05, 0.1) is 0 Å². The van der Waals surface area contributed by atoms with E-state index in [0.29, 0.717) is 0 Å². The lowest BCUT2D eigenvalue weighted by Crippen LogP contribution is -2.61. The molecule has 0 bridgehead atoms. The number of hydrogen-bond acceptors (Lipinski definition) is 2. The van der Waals surface area contributed by atoms with Crippen molar-refractivity contribution in [1.29, 1.82) is 0 Å². The third-order valence-electron chi connectivity index (χ3n) is 10.7. The van der Waals surface area contributed by atoms with Crippen LogP contribution in [0.15, 0.2) is 121 Å². The second-order valence-electron chi connectivity index (χ2n) is 17.2. The molecule has 6 aromatic rings. The fourth-order valence-electron chi connectivity index (χ4n) is 7.86. The van der Waals surface area contributed by atoms with E-state index in [2.05, 4.69) is 193 Å². The molecule has 0 aromatic heterocycles. The molecule has 6 aromatic carbocycles. The molecule has 0 saturated carbocycles. The molecule has 2 nitrogen and oxygen atoms in total. The number of benzene rings is 6. The normalized spacial score (nSPS) is 14.1. The Bertz CT molecular complexity index is 2240. The molecule has 0 atom stereocenters. The van der Waals surface area contributed by atoms with Gasteiger partial charge in [-0.2, -0.15) is 0 Å². The SMILES string of the molecule is CC(C)(C)c1ccc(N2c3ccc(C(C)(C)C)cc3B3c4cc(C(C)(C)C)ccc4N(c4ccc5ccccc5c4)c4cccc2c43)cc1. The molecule has 0 spiro atoms. The summed E-state index contributed by atoms with van der Waals surface area (Å²) in [4.78, 5) is 5.03. The Balaban J connectivity index is 1.45. The average Bonchev–Trinajstić information content (AvgIpc) is 3.06. The minimum Gasteiger partial charge on any atom is -0.311 e. The second-order valence-corrected chi connectivity index (χ2v) is 17.2. The fourth-order valence-corrected chi connectivity index (χ4v) is 7.86. The van der Waals surface area contributed by atoms with Crippen LogP contribution in [-0.4, -0.2) is 6.71 Å². The Morgan fingerprint density at radius 1 is 0.388 bits per heavy atom. The Hall–Kier alpha value is -4.76. The summed E-state index contributed by atoms with van der Waals surface area (Å²) in [6.45, 7) is 20.9. The Morgan fingerprint density at radius 3 is 1.39 bits per heavy atom. The predicted molar refractivity (Wildman–Crippen MR) is 214 cm³/mol. The molecule has 2 aliphatic rings. The molecular formula is C46H47BN2. The van der Waals surface area contributed by atoms with E-state index < -0.39 is 0 Å². The van der Waals surface area contributed by atoms with Crippen molar-refractivity contribution in [3.63, 3.8) is 0 Å². The fraction of sp³-hybridized carbons (Fsp3) is 0.261. The van der Waals surface area contributed by atoms with Gasteiger partial charge in [0, 0.05) is 34.1 Å². The summed E-state index contributed by atoms with van der Waals surface area (Å²) in [6.07, 6.45) is 0. The molecule has 0 saturated heterocycles. The molecule has 244 valence electrons. The van der Waals surface area contributed by atoms with Crippen LogP contribution in [0.5, 0.6) is 0 Å². The lowest BCUT2D eigenvalue weighted by molar-refractivity contribution is 0.590. The van der Waals surface area contributed by atoms with Crippen LogP contribution in [0.2, 0.25) is 0 Å². The highest BCUT2D eigenvalue weighted by molar-refractivity contribution is 7.00. The smallest absolute Gasteiger partial charge is 0.252 e.